The van der Waals surface area contributed by atoms with Gasteiger partial charge in [-0.15, -0.1) is 0 Å². The van der Waals surface area contributed by atoms with Gasteiger partial charge in [-0.25, -0.2) is 4.68 Å². The van der Waals surface area contributed by atoms with Crippen LogP contribution >= 0.6 is 0 Å². The van der Waals surface area contributed by atoms with Crippen molar-refractivity contribution >= 4 is 20.7 Å². The zero-order valence-electron chi connectivity index (χ0n) is 16.5. The standard InChI is InChI=1S/C16H28BF3N2O3Si/c1-14(2)15(3,4)25-17(24-14)12-10-22(21-13(12)16(18,19)20)11-23-8-9-26(5,6)7/h10H,8-9,11H2,1-7H3. The summed E-state index contributed by atoms with van der Waals surface area (Å²) in [7, 11) is -2.38. The molecule has 0 saturated carbocycles. The van der Waals surface area contributed by atoms with Crippen molar-refractivity contribution in [2.24, 2.45) is 0 Å². The van der Waals surface area contributed by atoms with Gasteiger partial charge in [0.05, 0.1) is 11.2 Å². The first-order chi connectivity index (χ1) is 11.6. The minimum absolute atomic E-state index is 0.0347. The fourth-order valence-electron chi connectivity index (χ4n) is 2.40. The van der Waals surface area contributed by atoms with Crippen LogP contribution in [0.1, 0.15) is 33.4 Å². The van der Waals surface area contributed by atoms with E-state index in [0.717, 1.165) is 10.7 Å². The van der Waals surface area contributed by atoms with Crippen LogP contribution in [-0.2, 0) is 27.0 Å². The number of rotatable bonds is 6. The molecule has 1 aliphatic rings. The Balaban J connectivity index is 2.17. The molecule has 0 amide bonds. The zero-order valence-corrected chi connectivity index (χ0v) is 17.5. The van der Waals surface area contributed by atoms with Gasteiger partial charge in [-0.05, 0) is 33.7 Å². The molecule has 0 aromatic carbocycles. The molecule has 0 atom stereocenters. The molecule has 1 fully saturated rings. The van der Waals surface area contributed by atoms with Crippen molar-refractivity contribution in [2.45, 2.75) is 77.5 Å². The van der Waals surface area contributed by atoms with Crippen LogP contribution in [0.2, 0.25) is 25.7 Å². The molecule has 148 valence electrons. The summed E-state index contributed by atoms with van der Waals surface area (Å²) in [5.74, 6) is 0. The molecule has 0 spiro atoms. The third-order valence-electron chi connectivity index (χ3n) is 4.79. The maximum absolute atomic E-state index is 13.4. The van der Waals surface area contributed by atoms with Crippen LogP contribution in [0.25, 0.3) is 0 Å². The summed E-state index contributed by atoms with van der Waals surface area (Å²) in [6.45, 7) is 14.3. The van der Waals surface area contributed by atoms with Crippen LogP contribution in [0.4, 0.5) is 13.2 Å². The highest BCUT2D eigenvalue weighted by Gasteiger charge is 2.54. The summed E-state index contributed by atoms with van der Waals surface area (Å²) in [5.41, 5.74) is -2.57. The Morgan fingerprint density at radius 2 is 1.69 bits per heavy atom. The van der Waals surface area contributed by atoms with E-state index in [2.05, 4.69) is 24.7 Å². The molecule has 1 aromatic heterocycles. The Morgan fingerprint density at radius 1 is 1.15 bits per heavy atom. The smallest absolute Gasteiger partial charge is 0.399 e. The van der Waals surface area contributed by atoms with E-state index in [4.69, 9.17) is 14.0 Å². The van der Waals surface area contributed by atoms with Gasteiger partial charge in [0.1, 0.15) is 6.73 Å². The lowest BCUT2D eigenvalue weighted by Gasteiger charge is -2.32. The highest BCUT2D eigenvalue weighted by Crippen LogP contribution is 2.37. The molecule has 1 saturated heterocycles. The molecule has 0 radical (unpaired) electrons. The molecule has 2 rings (SSSR count). The van der Waals surface area contributed by atoms with Gasteiger partial charge in [0.25, 0.3) is 0 Å². The van der Waals surface area contributed by atoms with Crippen LogP contribution in [-0.4, -0.2) is 42.8 Å². The number of aromatic nitrogens is 2. The van der Waals surface area contributed by atoms with Crippen molar-refractivity contribution < 1.29 is 27.2 Å². The van der Waals surface area contributed by atoms with Gasteiger partial charge in [-0.1, -0.05) is 19.6 Å². The first-order valence-corrected chi connectivity index (χ1v) is 12.4. The van der Waals surface area contributed by atoms with Crippen LogP contribution in [0.3, 0.4) is 0 Å². The summed E-state index contributed by atoms with van der Waals surface area (Å²) in [6.07, 6.45) is -3.29. The number of halogens is 3. The van der Waals surface area contributed by atoms with Gasteiger partial charge in [0, 0.05) is 26.3 Å². The molecule has 0 bridgehead atoms. The van der Waals surface area contributed by atoms with E-state index in [1.807, 2.05) is 0 Å². The van der Waals surface area contributed by atoms with Crippen molar-refractivity contribution in [1.82, 2.24) is 9.78 Å². The second-order valence-corrected chi connectivity index (χ2v) is 14.5. The van der Waals surface area contributed by atoms with E-state index < -0.39 is 38.3 Å². The van der Waals surface area contributed by atoms with E-state index in [0.29, 0.717) is 6.61 Å². The Labute approximate surface area is 154 Å². The van der Waals surface area contributed by atoms with Crippen LogP contribution in [0.15, 0.2) is 6.20 Å². The Kier molecular flexibility index (Phi) is 5.74. The predicted molar refractivity (Wildman–Crippen MR) is 97.1 cm³/mol. The fraction of sp³-hybridized carbons (Fsp3) is 0.812. The second kappa shape index (κ2) is 6.96. The highest BCUT2D eigenvalue weighted by molar-refractivity contribution is 6.76. The maximum atomic E-state index is 13.4. The van der Waals surface area contributed by atoms with E-state index in [9.17, 15) is 13.2 Å². The predicted octanol–water partition coefficient (Wildman–Crippen LogP) is 3.51. The van der Waals surface area contributed by atoms with Gasteiger partial charge in [0.15, 0.2) is 5.69 Å². The molecule has 2 heterocycles. The third kappa shape index (κ3) is 4.90. The zero-order chi connectivity index (χ0) is 20.0. The topological polar surface area (TPSA) is 45.5 Å². The largest absolute Gasteiger partial charge is 0.498 e. The van der Waals surface area contributed by atoms with Gasteiger partial charge < -0.3 is 14.0 Å². The molecule has 1 aliphatic heterocycles. The SMILES string of the molecule is CC1(C)OB(c2cn(COCC[Si](C)(C)C)nc2C(F)(F)F)OC1(C)C. The van der Waals surface area contributed by atoms with E-state index in [-0.39, 0.29) is 12.2 Å². The average molecular weight is 392 g/mol. The van der Waals surface area contributed by atoms with E-state index in [1.54, 1.807) is 27.7 Å². The lowest BCUT2D eigenvalue weighted by molar-refractivity contribution is -0.141. The van der Waals surface area contributed by atoms with Crippen molar-refractivity contribution in [3.63, 3.8) is 0 Å². The molecule has 0 unspecified atom stereocenters. The number of ether oxygens (including phenoxy) is 1. The van der Waals surface area contributed by atoms with Crippen LogP contribution in [0.5, 0.6) is 0 Å². The van der Waals surface area contributed by atoms with Gasteiger partial charge in [0.2, 0.25) is 0 Å². The molecule has 0 N–H and O–H groups in total. The number of hydrogen-bond donors (Lipinski definition) is 0. The third-order valence-corrected chi connectivity index (χ3v) is 6.49. The van der Waals surface area contributed by atoms with Crippen molar-refractivity contribution in [1.29, 1.82) is 0 Å². The fourth-order valence-corrected chi connectivity index (χ4v) is 3.16. The minimum Gasteiger partial charge on any atom is -0.399 e. The van der Waals surface area contributed by atoms with Gasteiger partial charge in [-0.3, -0.25) is 0 Å². The number of nitrogens with zero attached hydrogens (tertiary/aromatic N) is 2. The Morgan fingerprint density at radius 3 is 2.15 bits per heavy atom. The first-order valence-electron chi connectivity index (χ1n) is 8.70. The first kappa shape index (κ1) is 21.5. The average Bonchev–Trinajstić information content (AvgIpc) is 2.93. The number of hydrogen-bond acceptors (Lipinski definition) is 4. The summed E-state index contributed by atoms with van der Waals surface area (Å²) in [4.78, 5) is 0. The second-order valence-electron chi connectivity index (χ2n) is 8.91. The molecule has 0 aliphatic carbocycles. The van der Waals surface area contributed by atoms with Gasteiger partial charge >= 0.3 is 13.3 Å². The quantitative estimate of drug-likeness (QED) is 0.549. The van der Waals surface area contributed by atoms with Crippen LogP contribution in [0, 0.1) is 0 Å². The van der Waals surface area contributed by atoms with E-state index in [1.165, 1.54) is 6.20 Å². The molecular formula is C16H28BF3N2O3Si. The molecule has 10 heteroatoms. The molecular weight excluding hydrogens is 364 g/mol. The normalized spacial score (nSPS) is 20.0. The Hall–Kier alpha value is -0.838. The summed E-state index contributed by atoms with van der Waals surface area (Å²) >= 11 is 0. The van der Waals surface area contributed by atoms with Crippen molar-refractivity contribution in [2.75, 3.05) is 6.61 Å². The van der Waals surface area contributed by atoms with Crippen LogP contribution < -0.4 is 5.46 Å². The number of alkyl halides is 3. The monoisotopic (exact) mass is 392 g/mol. The summed E-state index contributed by atoms with van der Waals surface area (Å²) < 4.78 is 58.5. The molecule has 1 aromatic rings. The lowest BCUT2D eigenvalue weighted by atomic mass is 9.79. The van der Waals surface area contributed by atoms with Gasteiger partial charge in [-0.2, -0.15) is 18.3 Å². The van der Waals surface area contributed by atoms with Crippen molar-refractivity contribution in [3.05, 3.63) is 11.9 Å². The maximum Gasteiger partial charge on any atom is 0.498 e. The van der Waals surface area contributed by atoms with Crippen molar-refractivity contribution in [3.8, 4) is 0 Å². The molecule has 5 nitrogen and oxygen atoms in total. The lowest BCUT2D eigenvalue weighted by Crippen LogP contribution is -2.41. The minimum atomic E-state index is -4.59. The highest BCUT2D eigenvalue weighted by atomic mass is 28.3. The summed E-state index contributed by atoms with van der Waals surface area (Å²) in [5, 5.41) is 3.67. The summed E-state index contributed by atoms with van der Waals surface area (Å²) in [6, 6.07) is 0.935. The Bertz CT molecular complexity index is 626. The molecule has 26 heavy (non-hydrogen) atoms. The van der Waals surface area contributed by atoms with E-state index >= 15 is 0 Å².